The molecule has 0 fully saturated rings. The summed E-state index contributed by atoms with van der Waals surface area (Å²) in [4.78, 5) is 0. The van der Waals surface area contributed by atoms with Crippen molar-refractivity contribution in [3.63, 3.8) is 0 Å². The van der Waals surface area contributed by atoms with E-state index in [0.29, 0.717) is 0 Å². The van der Waals surface area contributed by atoms with Crippen LogP contribution in [0.25, 0.3) is 0 Å². The molecule has 0 bridgehead atoms. The molecule has 0 rings (SSSR count). The van der Waals surface area contributed by atoms with E-state index in [1.807, 2.05) is 0 Å². The van der Waals surface area contributed by atoms with Crippen molar-refractivity contribution >= 4 is 13.3 Å². The SMILES string of the molecule is CCCCCCC[CH2][Ge]([CH2]C)([CH2]C)[CH2]C. The van der Waals surface area contributed by atoms with Crippen LogP contribution >= 0.6 is 0 Å². The second-order valence-corrected chi connectivity index (χ2v) is 16.9. The first-order valence-corrected chi connectivity index (χ1v) is 13.2. The summed E-state index contributed by atoms with van der Waals surface area (Å²) in [6.07, 6.45) is 8.83. The van der Waals surface area contributed by atoms with Crippen molar-refractivity contribution in [2.24, 2.45) is 0 Å². The quantitative estimate of drug-likeness (QED) is 0.345. The van der Waals surface area contributed by atoms with E-state index in [0.717, 1.165) is 0 Å². The van der Waals surface area contributed by atoms with Gasteiger partial charge in [0.25, 0.3) is 0 Å². The van der Waals surface area contributed by atoms with Crippen molar-refractivity contribution in [1.29, 1.82) is 0 Å². The molecule has 0 aliphatic rings. The number of rotatable bonds is 10. The molecule has 0 amide bonds. The summed E-state index contributed by atoms with van der Waals surface area (Å²) in [5.41, 5.74) is 0. The van der Waals surface area contributed by atoms with E-state index >= 15 is 0 Å². The van der Waals surface area contributed by atoms with E-state index < -0.39 is 13.3 Å². The van der Waals surface area contributed by atoms with Crippen LogP contribution in [0.2, 0.25) is 21.0 Å². The predicted octanol–water partition coefficient (Wildman–Crippen LogP) is 5.86. The zero-order valence-electron chi connectivity index (χ0n) is 11.6. The van der Waals surface area contributed by atoms with Gasteiger partial charge < -0.3 is 0 Å². The summed E-state index contributed by atoms with van der Waals surface area (Å²) in [6, 6.07) is 0. The second kappa shape index (κ2) is 9.75. The fraction of sp³-hybridized carbons (Fsp3) is 1.00. The van der Waals surface area contributed by atoms with Gasteiger partial charge in [-0.1, -0.05) is 0 Å². The molecule has 0 atom stereocenters. The normalized spacial score (nSPS) is 12.0. The van der Waals surface area contributed by atoms with E-state index in [9.17, 15) is 0 Å². The first-order chi connectivity index (χ1) is 7.24. The van der Waals surface area contributed by atoms with Crippen LogP contribution in [-0.4, -0.2) is 13.3 Å². The Kier molecular flexibility index (Phi) is 10.1. The fourth-order valence-corrected chi connectivity index (χ4v) is 10.0. The molecule has 0 aliphatic heterocycles. The molecule has 0 saturated heterocycles. The zero-order chi connectivity index (χ0) is 11.6. The Bertz CT molecular complexity index is 119. The fourth-order valence-electron chi connectivity index (χ4n) is 2.56. The van der Waals surface area contributed by atoms with Gasteiger partial charge in [0.15, 0.2) is 0 Å². The van der Waals surface area contributed by atoms with Crippen LogP contribution in [0.4, 0.5) is 0 Å². The van der Waals surface area contributed by atoms with Gasteiger partial charge in [0.05, 0.1) is 0 Å². The summed E-state index contributed by atoms with van der Waals surface area (Å²) >= 11 is -1.30. The van der Waals surface area contributed by atoms with E-state index in [1.54, 1.807) is 27.4 Å². The average molecular weight is 273 g/mol. The Balaban J connectivity index is 3.54. The Morgan fingerprint density at radius 1 is 0.600 bits per heavy atom. The molecule has 0 aliphatic carbocycles. The first-order valence-electron chi connectivity index (χ1n) is 7.24. The second-order valence-electron chi connectivity index (χ2n) is 5.08. The molecule has 0 spiro atoms. The topological polar surface area (TPSA) is 0 Å². The van der Waals surface area contributed by atoms with Crippen molar-refractivity contribution in [1.82, 2.24) is 0 Å². The van der Waals surface area contributed by atoms with Gasteiger partial charge in [-0.15, -0.1) is 0 Å². The monoisotopic (exact) mass is 274 g/mol. The summed E-state index contributed by atoms with van der Waals surface area (Å²) in [6.45, 7) is 9.64. The molecule has 0 saturated carbocycles. The molecule has 0 aromatic carbocycles. The van der Waals surface area contributed by atoms with Gasteiger partial charge in [-0.2, -0.15) is 0 Å². The Hall–Kier alpha value is 0.543. The molecule has 0 N–H and O–H groups in total. The van der Waals surface area contributed by atoms with Crippen LogP contribution in [-0.2, 0) is 0 Å². The summed E-state index contributed by atoms with van der Waals surface area (Å²) < 4.78 is 0. The molecule has 0 heterocycles. The maximum absolute atomic E-state index is 2.45. The van der Waals surface area contributed by atoms with Gasteiger partial charge in [0.2, 0.25) is 0 Å². The third-order valence-corrected chi connectivity index (χ3v) is 16.7. The number of unbranched alkanes of at least 4 members (excludes halogenated alkanes) is 5. The standard InChI is InChI=1S/C14H32Ge/c1-5-9-10-11-12-13-14-15(6-2,7-3)8-4/h5-14H2,1-4H3. The predicted molar refractivity (Wildman–Crippen MR) is 75.4 cm³/mol. The van der Waals surface area contributed by atoms with Gasteiger partial charge in [-0.05, 0) is 0 Å². The molecule has 0 radical (unpaired) electrons. The molecule has 0 unspecified atom stereocenters. The third-order valence-electron chi connectivity index (χ3n) is 4.31. The van der Waals surface area contributed by atoms with Gasteiger partial charge in [0.1, 0.15) is 0 Å². The van der Waals surface area contributed by atoms with E-state index in [-0.39, 0.29) is 0 Å². The first kappa shape index (κ1) is 15.5. The minimum atomic E-state index is -1.30. The summed E-state index contributed by atoms with van der Waals surface area (Å²) in [5.74, 6) is 0. The summed E-state index contributed by atoms with van der Waals surface area (Å²) in [7, 11) is 0. The molecular formula is C14H32Ge. The van der Waals surface area contributed by atoms with E-state index in [2.05, 4.69) is 27.7 Å². The van der Waals surface area contributed by atoms with Crippen molar-refractivity contribution in [3.05, 3.63) is 0 Å². The van der Waals surface area contributed by atoms with Crippen LogP contribution in [0.3, 0.4) is 0 Å². The van der Waals surface area contributed by atoms with Crippen LogP contribution in [0.15, 0.2) is 0 Å². The molecule has 92 valence electrons. The summed E-state index contributed by atoms with van der Waals surface area (Å²) in [5, 5.41) is 6.32. The van der Waals surface area contributed by atoms with Gasteiger partial charge in [-0.3, -0.25) is 0 Å². The molecular weight excluding hydrogens is 241 g/mol. The average Bonchev–Trinajstić information content (AvgIpc) is 2.29. The minimum absolute atomic E-state index is 1.30. The maximum atomic E-state index is 2.45. The van der Waals surface area contributed by atoms with Crippen molar-refractivity contribution in [2.75, 3.05) is 0 Å². The number of hydrogen-bond acceptors (Lipinski definition) is 0. The van der Waals surface area contributed by atoms with Crippen molar-refractivity contribution < 1.29 is 0 Å². The van der Waals surface area contributed by atoms with Gasteiger partial charge >= 0.3 is 100 Å². The molecule has 1 heteroatoms. The Morgan fingerprint density at radius 2 is 1.07 bits per heavy atom. The van der Waals surface area contributed by atoms with E-state index in [4.69, 9.17) is 0 Å². The van der Waals surface area contributed by atoms with Crippen molar-refractivity contribution in [3.8, 4) is 0 Å². The van der Waals surface area contributed by atoms with Crippen LogP contribution < -0.4 is 0 Å². The third kappa shape index (κ3) is 6.65. The van der Waals surface area contributed by atoms with Gasteiger partial charge in [0, 0.05) is 0 Å². The molecule has 0 aromatic heterocycles. The van der Waals surface area contributed by atoms with Gasteiger partial charge in [-0.25, -0.2) is 0 Å². The van der Waals surface area contributed by atoms with Crippen LogP contribution in [0.5, 0.6) is 0 Å². The van der Waals surface area contributed by atoms with Crippen LogP contribution in [0, 0.1) is 0 Å². The van der Waals surface area contributed by atoms with Crippen LogP contribution in [0.1, 0.15) is 66.2 Å². The zero-order valence-corrected chi connectivity index (χ0v) is 13.7. The van der Waals surface area contributed by atoms with E-state index in [1.165, 1.54) is 32.1 Å². The Labute approximate surface area is 101 Å². The molecule has 15 heavy (non-hydrogen) atoms. The van der Waals surface area contributed by atoms with Crippen molar-refractivity contribution in [2.45, 2.75) is 87.2 Å². The molecule has 0 nitrogen and oxygen atoms in total. The Morgan fingerprint density at radius 3 is 1.53 bits per heavy atom. The molecule has 0 aromatic rings. The number of hydrogen-bond donors (Lipinski definition) is 0.